The molecule has 1 aliphatic rings. The average Bonchev–Trinajstić information content (AvgIpc) is 3.19. The van der Waals surface area contributed by atoms with Gasteiger partial charge in [0.15, 0.2) is 18.1 Å². The van der Waals surface area contributed by atoms with Gasteiger partial charge in [-0.3, -0.25) is 9.59 Å². The summed E-state index contributed by atoms with van der Waals surface area (Å²) >= 11 is 0. The summed E-state index contributed by atoms with van der Waals surface area (Å²) in [4.78, 5) is 24.3. The number of carbonyl (C=O) groups is 2. The lowest BCUT2D eigenvalue weighted by atomic mass is 10.1. The number of methoxy groups -OCH3 is 1. The van der Waals surface area contributed by atoms with Gasteiger partial charge in [-0.1, -0.05) is 18.2 Å². The fraction of sp³-hybridized carbons (Fsp3) is 0.333. The number of carbonyl (C=O) groups excluding carboxylic acids is 2. The monoisotopic (exact) mass is 419 g/mol. The molecule has 7 nitrogen and oxygen atoms in total. The smallest absolute Gasteiger partial charge is 0.262 e. The normalized spacial score (nSPS) is 15.1. The van der Waals surface area contributed by atoms with Gasteiger partial charge in [0.05, 0.1) is 7.11 Å². The molecule has 8 heteroatoms. The van der Waals surface area contributed by atoms with Crippen LogP contribution < -0.4 is 25.4 Å². The third-order valence-electron chi connectivity index (χ3n) is 4.45. The van der Waals surface area contributed by atoms with Crippen molar-refractivity contribution in [2.75, 3.05) is 30.9 Å². The number of rotatable bonds is 8. The van der Waals surface area contributed by atoms with E-state index in [9.17, 15) is 9.59 Å². The number of para-hydroxylation sites is 2. The predicted molar refractivity (Wildman–Crippen MR) is 115 cm³/mol. The summed E-state index contributed by atoms with van der Waals surface area (Å²) in [6.07, 6.45) is 2.58. The van der Waals surface area contributed by atoms with E-state index >= 15 is 0 Å². The first-order valence-corrected chi connectivity index (χ1v) is 9.33. The number of hydrogen-bond acceptors (Lipinski definition) is 5. The molecule has 0 aliphatic carbocycles. The fourth-order valence-corrected chi connectivity index (χ4v) is 3.12. The Kier molecular flexibility index (Phi) is 8.76. The van der Waals surface area contributed by atoms with E-state index in [1.54, 1.807) is 43.5 Å². The molecule has 0 radical (unpaired) electrons. The fourth-order valence-electron chi connectivity index (χ4n) is 3.12. The molecule has 2 amide bonds. The number of benzene rings is 2. The molecule has 1 heterocycles. The van der Waals surface area contributed by atoms with Crippen molar-refractivity contribution in [3.05, 3.63) is 48.5 Å². The summed E-state index contributed by atoms with van der Waals surface area (Å²) in [5.41, 5.74) is 1.23. The lowest BCUT2D eigenvalue weighted by Crippen LogP contribution is -2.27. The van der Waals surface area contributed by atoms with Crippen LogP contribution >= 0.6 is 12.4 Å². The molecule has 2 aromatic carbocycles. The molecule has 0 spiro atoms. The van der Waals surface area contributed by atoms with Crippen LogP contribution in [0.5, 0.6) is 11.5 Å². The van der Waals surface area contributed by atoms with E-state index in [4.69, 9.17) is 9.47 Å². The SMILES string of the molecule is COc1ccccc1OCC(=O)Nc1cccc(NC(=O)CC2CCCN2)c1.Cl. The molecular formula is C21H26ClN3O4. The van der Waals surface area contributed by atoms with Crippen LogP contribution in [-0.2, 0) is 9.59 Å². The number of halogens is 1. The van der Waals surface area contributed by atoms with E-state index < -0.39 is 0 Å². The summed E-state index contributed by atoms with van der Waals surface area (Å²) in [5.74, 6) is 0.727. The lowest BCUT2D eigenvalue weighted by Gasteiger charge is -2.12. The molecular weight excluding hydrogens is 394 g/mol. The first-order chi connectivity index (χ1) is 13.6. The maximum Gasteiger partial charge on any atom is 0.262 e. The van der Waals surface area contributed by atoms with Crippen LogP contribution in [0.25, 0.3) is 0 Å². The molecule has 1 unspecified atom stereocenters. The van der Waals surface area contributed by atoms with E-state index in [2.05, 4.69) is 16.0 Å². The Morgan fingerprint density at radius 1 is 1.03 bits per heavy atom. The van der Waals surface area contributed by atoms with Crippen molar-refractivity contribution < 1.29 is 19.1 Å². The number of nitrogens with one attached hydrogen (secondary N) is 3. The van der Waals surface area contributed by atoms with Crippen LogP contribution in [0.3, 0.4) is 0 Å². The van der Waals surface area contributed by atoms with Crippen LogP contribution in [0.1, 0.15) is 19.3 Å². The van der Waals surface area contributed by atoms with Gasteiger partial charge in [0.1, 0.15) is 0 Å². The quantitative estimate of drug-likeness (QED) is 0.611. The molecule has 1 saturated heterocycles. The zero-order valence-electron chi connectivity index (χ0n) is 16.3. The highest BCUT2D eigenvalue weighted by Gasteiger charge is 2.17. The highest BCUT2D eigenvalue weighted by atomic mass is 35.5. The standard InChI is InChI=1S/C21H25N3O4.ClH/c1-27-18-9-2-3-10-19(18)28-14-21(26)24-17-7-4-6-16(12-17)23-20(25)13-15-8-5-11-22-15;/h2-4,6-7,9-10,12,15,22H,5,8,11,13-14H2,1H3,(H,23,25)(H,24,26);1H. The predicted octanol–water partition coefficient (Wildman–Crippen LogP) is 3.22. The molecule has 3 N–H and O–H groups in total. The molecule has 29 heavy (non-hydrogen) atoms. The van der Waals surface area contributed by atoms with Crippen molar-refractivity contribution >= 4 is 35.6 Å². The van der Waals surface area contributed by atoms with Crippen LogP contribution in [0.2, 0.25) is 0 Å². The molecule has 156 valence electrons. The summed E-state index contributed by atoms with van der Waals surface area (Å²) in [6, 6.07) is 14.4. The topological polar surface area (TPSA) is 88.7 Å². The van der Waals surface area contributed by atoms with Crippen LogP contribution in [-0.4, -0.2) is 38.1 Å². The molecule has 0 aromatic heterocycles. The van der Waals surface area contributed by atoms with E-state index in [0.29, 0.717) is 29.3 Å². The summed E-state index contributed by atoms with van der Waals surface area (Å²) < 4.78 is 10.7. The Hall–Kier alpha value is -2.77. The maximum absolute atomic E-state index is 12.2. The van der Waals surface area contributed by atoms with E-state index in [1.807, 2.05) is 12.1 Å². The lowest BCUT2D eigenvalue weighted by molar-refractivity contribution is -0.118. The van der Waals surface area contributed by atoms with Gasteiger partial charge in [0.25, 0.3) is 5.91 Å². The second kappa shape index (κ2) is 11.3. The van der Waals surface area contributed by atoms with Gasteiger partial charge in [-0.05, 0) is 49.7 Å². The van der Waals surface area contributed by atoms with E-state index in [0.717, 1.165) is 19.4 Å². The third-order valence-corrected chi connectivity index (χ3v) is 4.45. The Morgan fingerprint density at radius 2 is 1.72 bits per heavy atom. The Morgan fingerprint density at radius 3 is 2.38 bits per heavy atom. The minimum absolute atomic E-state index is 0. The number of amides is 2. The van der Waals surface area contributed by atoms with Crippen molar-refractivity contribution in [3.63, 3.8) is 0 Å². The van der Waals surface area contributed by atoms with Crippen LogP contribution in [0.15, 0.2) is 48.5 Å². The molecule has 2 aromatic rings. The Balaban J connectivity index is 0.00000300. The highest BCUT2D eigenvalue weighted by Crippen LogP contribution is 2.25. The summed E-state index contributed by atoms with van der Waals surface area (Å²) in [6.45, 7) is 0.820. The Bertz CT molecular complexity index is 825. The molecule has 1 aliphatic heterocycles. The molecule has 0 saturated carbocycles. The average molecular weight is 420 g/mol. The van der Waals surface area contributed by atoms with E-state index in [-0.39, 0.29) is 36.9 Å². The number of anilines is 2. The highest BCUT2D eigenvalue weighted by molar-refractivity contribution is 5.94. The van der Waals surface area contributed by atoms with Gasteiger partial charge in [0, 0.05) is 23.8 Å². The van der Waals surface area contributed by atoms with Crippen LogP contribution in [0.4, 0.5) is 11.4 Å². The van der Waals surface area contributed by atoms with E-state index in [1.165, 1.54) is 0 Å². The minimum atomic E-state index is -0.301. The second-order valence-electron chi connectivity index (χ2n) is 6.61. The Labute approximate surface area is 176 Å². The van der Waals surface area contributed by atoms with Gasteiger partial charge in [-0.2, -0.15) is 0 Å². The second-order valence-corrected chi connectivity index (χ2v) is 6.61. The minimum Gasteiger partial charge on any atom is -0.493 e. The maximum atomic E-state index is 12.2. The largest absolute Gasteiger partial charge is 0.493 e. The third kappa shape index (κ3) is 6.96. The molecule has 3 rings (SSSR count). The molecule has 1 atom stereocenters. The van der Waals surface area contributed by atoms with Crippen molar-refractivity contribution in [3.8, 4) is 11.5 Å². The zero-order chi connectivity index (χ0) is 19.8. The van der Waals surface area contributed by atoms with Gasteiger partial charge >= 0.3 is 0 Å². The van der Waals surface area contributed by atoms with Crippen molar-refractivity contribution in [1.29, 1.82) is 0 Å². The van der Waals surface area contributed by atoms with Crippen molar-refractivity contribution in [2.24, 2.45) is 0 Å². The van der Waals surface area contributed by atoms with Crippen LogP contribution in [0, 0.1) is 0 Å². The van der Waals surface area contributed by atoms with Gasteiger partial charge in [-0.25, -0.2) is 0 Å². The first-order valence-electron chi connectivity index (χ1n) is 9.33. The molecule has 1 fully saturated rings. The number of hydrogen-bond donors (Lipinski definition) is 3. The van der Waals surface area contributed by atoms with Crippen molar-refractivity contribution in [1.82, 2.24) is 5.32 Å². The number of ether oxygens (including phenoxy) is 2. The summed E-state index contributed by atoms with van der Waals surface area (Å²) in [5, 5.41) is 8.95. The summed E-state index contributed by atoms with van der Waals surface area (Å²) in [7, 11) is 1.55. The zero-order valence-corrected chi connectivity index (χ0v) is 17.1. The van der Waals surface area contributed by atoms with Crippen molar-refractivity contribution in [2.45, 2.75) is 25.3 Å². The van der Waals surface area contributed by atoms with Gasteiger partial charge < -0.3 is 25.4 Å². The van der Waals surface area contributed by atoms with Gasteiger partial charge in [0.2, 0.25) is 5.91 Å². The molecule has 0 bridgehead atoms. The first kappa shape index (κ1) is 22.5. The van der Waals surface area contributed by atoms with Gasteiger partial charge in [-0.15, -0.1) is 12.4 Å².